The molecule has 0 N–H and O–H groups in total. The monoisotopic (exact) mass is 850 g/mol. The number of fused-ring (bicyclic) bond motifs is 6. The summed E-state index contributed by atoms with van der Waals surface area (Å²) in [6, 6.07) is 38.1. The van der Waals surface area contributed by atoms with Gasteiger partial charge in [0.05, 0.1) is 39.0 Å². The van der Waals surface area contributed by atoms with Crippen molar-refractivity contribution in [2.24, 2.45) is 0 Å². The Morgan fingerprint density at radius 1 is 0.349 bits per heavy atom. The van der Waals surface area contributed by atoms with Crippen molar-refractivity contribution < 1.29 is 35.1 Å². The van der Waals surface area contributed by atoms with E-state index in [0.717, 1.165) is 56.6 Å². The van der Waals surface area contributed by atoms with Crippen LogP contribution < -0.4 is 0 Å². The molecule has 8 aromatic carbocycles. The van der Waals surface area contributed by atoms with Gasteiger partial charge in [0.2, 0.25) is 5.82 Å². The lowest BCUT2D eigenvalue weighted by Gasteiger charge is -2.23. The van der Waals surface area contributed by atoms with E-state index in [9.17, 15) is 4.39 Å². The van der Waals surface area contributed by atoms with Crippen molar-refractivity contribution in [3.05, 3.63) is 190 Å². The lowest BCUT2D eigenvalue weighted by molar-refractivity contribution is -0.137. The third kappa shape index (κ3) is 6.38. The topological polar surface area (TPSA) is 9.86 Å². The normalized spacial score (nSPS) is 12.1. The Labute approximate surface area is 355 Å². The number of aryl methyl sites for hydroxylation is 4. The van der Waals surface area contributed by atoms with Crippen LogP contribution >= 0.6 is 0 Å². The second kappa shape index (κ2) is 14.4. The molecule has 0 bridgehead atoms. The summed E-state index contributed by atoms with van der Waals surface area (Å²) in [5.41, 5.74) is 4.35. The Kier molecular flexibility index (Phi) is 9.15. The highest BCUT2D eigenvalue weighted by Gasteiger charge is 2.40. The van der Waals surface area contributed by atoms with Crippen molar-refractivity contribution in [2.75, 3.05) is 0 Å². The number of para-hydroxylation sites is 2. The van der Waals surface area contributed by atoms with E-state index >= 15 is 30.7 Å². The van der Waals surface area contributed by atoms with Crippen molar-refractivity contribution in [1.29, 1.82) is 0 Å². The molecule has 0 aliphatic carbocycles. The summed E-state index contributed by atoms with van der Waals surface area (Å²) in [5, 5.41) is 2.31. The van der Waals surface area contributed by atoms with Crippen molar-refractivity contribution in [3.8, 4) is 44.8 Å². The zero-order valence-electron chi connectivity index (χ0n) is 34.1. The number of benzene rings is 8. The minimum Gasteiger partial charge on any atom is -0.309 e. The maximum atomic E-state index is 16.3. The molecular weight excluding hydrogens is 817 g/mol. The van der Waals surface area contributed by atoms with Gasteiger partial charge in [-0.3, -0.25) is 0 Å². The highest BCUT2D eigenvalue weighted by Crippen LogP contribution is 2.48. The fraction of sp³-hybridized carbons (Fsp3) is 0.0943. The number of hydrogen-bond donors (Lipinski definition) is 0. The summed E-state index contributed by atoms with van der Waals surface area (Å²) in [6.07, 6.45) is -5.15. The highest BCUT2D eigenvalue weighted by molar-refractivity contribution is 6.12. The molecule has 0 saturated carbocycles. The average Bonchev–Trinajstić information content (AvgIpc) is 3.76. The summed E-state index contributed by atoms with van der Waals surface area (Å²) >= 11 is 0. The SMILES string of the molecule is Cc1cc(C)cc(-c2ccc3c(c2)c2ccccc2n3-c2cc(-c3c(F)c(F)c(F)c(F)c3F)cc(-n3c4ccccc4c4cc(-c5cc(C)cc(C)c5)ccc43)c2C(F)(F)F)c1. The van der Waals surface area contributed by atoms with E-state index < -0.39 is 63.3 Å². The second-order valence-electron chi connectivity index (χ2n) is 16.3. The molecule has 0 amide bonds. The van der Waals surface area contributed by atoms with Gasteiger partial charge in [-0.15, -0.1) is 0 Å². The molecular formula is C53H34F8N2. The average molecular weight is 851 g/mol. The maximum Gasteiger partial charge on any atom is 0.420 e. The third-order valence-electron chi connectivity index (χ3n) is 11.8. The van der Waals surface area contributed by atoms with Crippen LogP contribution in [0.3, 0.4) is 0 Å². The molecule has 10 rings (SSSR count). The van der Waals surface area contributed by atoms with Gasteiger partial charge in [0.15, 0.2) is 23.3 Å². The Morgan fingerprint density at radius 3 is 1.11 bits per heavy atom. The second-order valence-corrected chi connectivity index (χ2v) is 16.3. The number of halogens is 8. The van der Waals surface area contributed by atoms with E-state index in [4.69, 9.17) is 0 Å². The predicted octanol–water partition coefficient (Wildman–Crippen LogP) is 15.8. The largest absolute Gasteiger partial charge is 0.420 e. The minimum atomic E-state index is -5.15. The van der Waals surface area contributed by atoms with Crippen LogP contribution in [0.15, 0.2) is 133 Å². The van der Waals surface area contributed by atoms with Crippen molar-refractivity contribution in [3.63, 3.8) is 0 Å². The number of hydrogen-bond acceptors (Lipinski definition) is 0. The molecule has 0 aliphatic heterocycles. The van der Waals surface area contributed by atoms with Gasteiger partial charge in [-0.25, -0.2) is 22.0 Å². The lowest BCUT2D eigenvalue weighted by Crippen LogP contribution is -2.16. The van der Waals surface area contributed by atoms with Crippen LogP contribution in [0.4, 0.5) is 35.1 Å². The molecule has 312 valence electrons. The molecule has 0 spiro atoms. The van der Waals surface area contributed by atoms with E-state index in [-0.39, 0.29) is 0 Å². The van der Waals surface area contributed by atoms with Gasteiger partial charge in [0, 0.05) is 21.5 Å². The van der Waals surface area contributed by atoms with Crippen molar-refractivity contribution in [1.82, 2.24) is 9.13 Å². The van der Waals surface area contributed by atoms with Crippen LogP contribution in [0.2, 0.25) is 0 Å². The summed E-state index contributed by atoms with van der Waals surface area (Å²) in [5.74, 6) is -11.2. The van der Waals surface area contributed by atoms with Gasteiger partial charge >= 0.3 is 6.18 Å². The van der Waals surface area contributed by atoms with E-state index in [0.29, 0.717) is 43.6 Å². The molecule has 0 fully saturated rings. The van der Waals surface area contributed by atoms with Crippen molar-refractivity contribution >= 4 is 43.6 Å². The van der Waals surface area contributed by atoms with Gasteiger partial charge in [0.25, 0.3) is 0 Å². The van der Waals surface area contributed by atoms with Gasteiger partial charge in [0.1, 0.15) is 5.56 Å². The highest BCUT2D eigenvalue weighted by atomic mass is 19.4. The van der Waals surface area contributed by atoms with E-state index in [2.05, 4.69) is 0 Å². The quantitative estimate of drug-likeness (QED) is 0.0927. The van der Waals surface area contributed by atoms with Crippen LogP contribution in [0.5, 0.6) is 0 Å². The zero-order chi connectivity index (χ0) is 44.2. The van der Waals surface area contributed by atoms with E-state index in [1.54, 1.807) is 72.8 Å². The molecule has 0 atom stereocenters. The molecule has 63 heavy (non-hydrogen) atoms. The van der Waals surface area contributed by atoms with E-state index in [1.807, 2.05) is 76.2 Å². The lowest BCUT2D eigenvalue weighted by atomic mass is 9.97. The number of nitrogens with zero attached hydrogens (tertiary/aromatic N) is 2. The summed E-state index contributed by atoms with van der Waals surface area (Å²) < 4.78 is 128. The minimum absolute atomic E-state index is 0.315. The number of rotatable bonds is 5. The molecule has 2 nitrogen and oxygen atoms in total. The summed E-state index contributed by atoms with van der Waals surface area (Å²) in [6.45, 7) is 7.87. The Hall–Kier alpha value is -7.20. The van der Waals surface area contributed by atoms with Gasteiger partial charge < -0.3 is 9.13 Å². The molecule has 2 heterocycles. The van der Waals surface area contributed by atoms with Gasteiger partial charge in [-0.1, -0.05) is 107 Å². The first-order chi connectivity index (χ1) is 30.1. The first kappa shape index (κ1) is 39.9. The molecule has 2 aromatic heterocycles. The first-order valence-electron chi connectivity index (χ1n) is 20.1. The summed E-state index contributed by atoms with van der Waals surface area (Å²) in [4.78, 5) is 0. The molecule has 0 aliphatic rings. The molecule has 0 saturated heterocycles. The fourth-order valence-corrected chi connectivity index (χ4v) is 9.36. The fourth-order valence-electron chi connectivity index (χ4n) is 9.36. The molecule has 0 radical (unpaired) electrons. The Balaban J connectivity index is 1.36. The number of alkyl halides is 3. The zero-order valence-corrected chi connectivity index (χ0v) is 34.1. The van der Waals surface area contributed by atoms with Gasteiger partial charge in [-0.05, 0) is 104 Å². The maximum absolute atomic E-state index is 16.3. The smallest absolute Gasteiger partial charge is 0.309 e. The van der Waals surface area contributed by atoms with Crippen LogP contribution in [0.25, 0.3) is 88.4 Å². The Bertz CT molecular complexity index is 3290. The predicted molar refractivity (Wildman–Crippen MR) is 235 cm³/mol. The third-order valence-corrected chi connectivity index (χ3v) is 11.8. The first-order valence-corrected chi connectivity index (χ1v) is 20.1. The standard InChI is InChI=1S/C53H34F8N2/c1-27-17-28(2)20-33(19-27)31-13-15-42-38(23-31)36-9-5-7-11-40(36)62(42)44-25-35(46-48(54)50(56)52(58)51(57)49(46)55)26-45(47(44)53(59,60)61)63-41-12-8-6-10-37(41)39-24-32(14-16-43(39)63)34-21-29(3)18-30(4)22-34/h5-26H,1-4H3. The van der Waals surface area contributed by atoms with Crippen molar-refractivity contribution in [2.45, 2.75) is 33.9 Å². The van der Waals surface area contributed by atoms with Crippen LogP contribution in [0, 0.1) is 56.8 Å². The molecule has 10 aromatic rings. The molecule has 10 heteroatoms. The van der Waals surface area contributed by atoms with Crippen LogP contribution in [0.1, 0.15) is 27.8 Å². The van der Waals surface area contributed by atoms with Crippen LogP contribution in [-0.4, -0.2) is 9.13 Å². The summed E-state index contributed by atoms with van der Waals surface area (Å²) in [7, 11) is 0. The van der Waals surface area contributed by atoms with Crippen LogP contribution in [-0.2, 0) is 6.18 Å². The Morgan fingerprint density at radius 2 is 0.714 bits per heavy atom. The number of aromatic nitrogens is 2. The molecule has 0 unspecified atom stereocenters. The van der Waals surface area contributed by atoms with Gasteiger partial charge in [-0.2, -0.15) is 13.2 Å². The van der Waals surface area contributed by atoms with E-state index in [1.165, 1.54) is 9.13 Å².